The molecule has 1 aromatic heterocycles. The van der Waals surface area contributed by atoms with Crippen LogP contribution in [0.3, 0.4) is 0 Å². The summed E-state index contributed by atoms with van der Waals surface area (Å²) in [6.07, 6.45) is 2.81. The van der Waals surface area contributed by atoms with Gasteiger partial charge in [-0.3, -0.25) is 14.4 Å². The van der Waals surface area contributed by atoms with Gasteiger partial charge in [-0.25, -0.2) is 8.78 Å². The molecule has 0 spiro atoms. The molecule has 8 nitrogen and oxygen atoms in total. The number of hydrogen-bond acceptors (Lipinski definition) is 5. The fourth-order valence-electron chi connectivity index (χ4n) is 4.99. The van der Waals surface area contributed by atoms with Crippen LogP contribution in [0.25, 0.3) is 0 Å². The standard InChI is InChI=1S/C24H26F2N4O4/c1-2-29-11-15-8-17(27-9-12-3-4-12)19-18(21(31)22(32)20(24(29)34)30(15)19)23(33)28-10-13-5-6-14(25)7-16(13)26/h5-7,12,15,17,27,32H,2-4,8-11H2,1H3,(H,28,33)/t15-,17-/m1/s1. The number of amides is 2. The Hall–Kier alpha value is -3.27. The first-order valence-corrected chi connectivity index (χ1v) is 11.6. The monoisotopic (exact) mass is 472 g/mol. The fourth-order valence-corrected chi connectivity index (χ4v) is 4.99. The van der Waals surface area contributed by atoms with Gasteiger partial charge in [0.15, 0.2) is 11.4 Å². The van der Waals surface area contributed by atoms with Crippen LogP contribution >= 0.6 is 0 Å². The van der Waals surface area contributed by atoms with Gasteiger partial charge >= 0.3 is 0 Å². The normalized spacial score (nSPS) is 21.0. The molecule has 0 saturated heterocycles. The molecular weight excluding hydrogens is 446 g/mol. The molecule has 3 N–H and O–H groups in total. The number of nitrogens with zero attached hydrogens (tertiary/aromatic N) is 2. The Kier molecular flexibility index (Phi) is 5.63. The minimum Gasteiger partial charge on any atom is -0.503 e. The number of aromatic hydroxyl groups is 1. The second-order valence-corrected chi connectivity index (χ2v) is 9.21. The predicted octanol–water partition coefficient (Wildman–Crippen LogP) is 2.22. The van der Waals surface area contributed by atoms with Crippen molar-refractivity contribution in [3.05, 3.63) is 62.6 Å². The average molecular weight is 472 g/mol. The topological polar surface area (TPSA) is 104 Å². The third-order valence-corrected chi connectivity index (χ3v) is 6.96. The van der Waals surface area contributed by atoms with E-state index in [1.165, 1.54) is 6.07 Å². The Bertz CT molecular complexity index is 1240. The highest BCUT2D eigenvalue weighted by molar-refractivity contribution is 6.00. The number of carbonyl (C=O) groups is 2. The quantitative estimate of drug-likeness (QED) is 0.574. The van der Waals surface area contributed by atoms with Crippen LogP contribution in [-0.2, 0) is 6.54 Å². The molecule has 3 heterocycles. The molecule has 3 aliphatic rings. The molecule has 34 heavy (non-hydrogen) atoms. The molecule has 2 aromatic rings. The third kappa shape index (κ3) is 3.75. The number of halogens is 2. The lowest BCUT2D eigenvalue weighted by molar-refractivity contribution is 0.0675. The maximum atomic E-state index is 14.0. The smallest absolute Gasteiger partial charge is 0.274 e. The lowest BCUT2D eigenvalue weighted by Gasteiger charge is -2.33. The Morgan fingerprint density at radius 3 is 2.68 bits per heavy atom. The van der Waals surface area contributed by atoms with E-state index >= 15 is 0 Å². The summed E-state index contributed by atoms with van der Waals surface area (Å²) >= 11 is 0. The summed E-state index contributed by atoms with van der Waals surface area (Å²) < 4.78 is 28.9. The number of likely N-dealkylation sites (N-methyl/N-ethyl adjacent to an activating group) is 1. The summed E-state index contributed by atoms with van der Waals surface area (Å²) in [4.78, 5) is 41.0. The van der Waals surface area contributed by atoms with Gasteiger partial charge in [-0.2, -0.15) is 0 Å². The average Bonchev–Trinajstić information content (AvgIpc) is 3.57. The van der Waals surface area contributed by atoms with Gasteiger partial charge in [-0.05, 0) is 44.7 Å². The van der Waals surface area contributed by atoms with Crippen molar-refractivity contribution in [2.45, 2.75) is 44.8 Å². The molecule has 180 valence electrons. The molecule has 2 atom stereocenters. The molecular formula is C24H26F2N4O4. The lowest BCUT2D eigenvalue weighted by atomic mass is 10.0. The Morgan fingerprint density at radius 2 is 2.00 bits per heavy atom. The van der Waals surface area contributed by atoms with Crippen molar-refractivity contribution in [3.8, 4) is 5.75 Å². The van der Waals surface area contributed by atoms with Crippen molar-refractivity contribution < 1.29 is 23.5 Å². The Balaban J connectivity index is 1.54. The van der Waals surface area contributed by atoms with Gasteiger partial charge in [-0.15, -0.1) is 0 Å². The molecule has 5 rings (SSSR count). The summed E-state index contributed by atoms with van der Waals surface area (Å²) in [5.41, 5.74) is -0.830. The van der Waals surface area contributed by atoms with E-state index in [0.717, 1.165) is 25.5 Å². The van der Waals surface area contributed by atoms with Gasteiger partial charge in [-0.1, -0.05) is 6.07 Å². The first kappa shape index (κ1) is 22.5. The predicted molar refractivity (Wildman–Crippen MR) is 119 cm³/mol. The zero-order valence-corrected chi connectivity index (χ0v) is 18.7. The number of hydrogen-bond donors (Lipinski definition) is 3. The number of benzene rings is 1. The lowest BCUT2D eigenvalue weighted by Crippen LogP contribution is -2.44. The highest BCUT2D eigenvalue weighted by Gasteiger charge is 2.45. The van der Waals surface area contributed by atoms with Crippen LogP contribution in [0.1, 0.15) is 70.4 Å². The molecule has 2 aliphatic heterocycles. The summed E-state index contributed by atoms with van der Waals surface area (Å²) in [5.74, 6) is -2.98. The van der Waals surface area contributed by atoms with Crippen LogP contribution < -0.4 is 16.1 Å². The largest absolute Gasteiger partial charge is 0.503 e. The van der Waals surface area contributed by atoms with Crippen LogP contribution in [0.4, 0.5) is 8.78 Å². The van der Waals surface area contributed by atoms with Gasteiger partial charge in [0, 0.05) is 31.3 Å². The van der Waals surface area contributed by atoms with E-state index in [1.807, 2.05) is 6.92 Å². The van der Waals surface area contributed by atoms with Crippen LogP contribution in [0.2, 0.25) is 0 Å². The van der Waals surface area contributed by atoms with E-state index < -0.39 is 34.6 Å². The third-order valence-electron chi connectivity index (χ3n) is 6.96. The number of pyridine rings is 1. The minimum atomic E-state index is -0.927. The first-order valence-electron chi connectivity index (χ1n) is 11.6. The van der Waals surface area contributed by atoms with Gasteiger partial charge in [0.25, 0.3) is 11.8 Å². The number of nitrogens with one attached hydrogen (secondary N) is 2. The van der Waals surface area contributed by atoms with Crippen molar-refractivity contribution >= 4 is 11.8 Å². The number of rotatable bonds is 7. The summed E-state index contributed by atoms with van der Waals surface area (Å²) in [6.45, 7) is 3.15. The maximum Gasteiger partial charge on any atom is 0.274 e. The number of aromatic nitrogens is 1. The van der Waals surface area contributed by atoms with Gasteiger partial charge < -0.3 is 25.2 Å². The maximum absolute atomic E-state index is 14.0. The molecule has 1 aromatic carbocycles. The van der Waals surface area contributed by atoms with Crippen LogP contribution in [0, 0.1) is 17.6 Å². The summed E-state index contributed by atoms with van der Waals surface area (Å²) in [5, 5.41) is 16.7. The number of carbonyl (C=O) groups excluding carboxylic acids is 2. The van der Waals surface area contributed by atoms with E-state index in [-0.39, 0.29) is 35.4 Å². The van der Waals surface area contributed by atoms with E-state index in [9.17, 15) is 28.3 Å². The molecule has 10 heteroatoms. The van der Waals surface area contributed by atoms with Crippen LogP contribution in [0.15, 0.2) is 23.0 Å². The van der Waals surface area contributed by atoms with E-state index in [2.05, 4.69) is 10.6 Å². The molecule has 0 bridgehead atoms. The summed E-state index contributed by atoms with van der Waals surface area (Å²) in [6, 6.07) is 2.48. The highest BCUT2D eigenvalue weighted by Crippen LogP contribution is 2.42. The second-order valence-electron chi connectivity index (χ2n) is 9.21. The Labute approximate surface area is 194 Å². The Morgan fingerprint density at radius 1 is 1.24 bits per heavy atom. The van der Waals surface area contributed by atoms with Crippen molar-refractivity contribution in [2.24, 2.45) is 5.92 Å². The van der Waals surface area contributed by atoms with Gasteiger partial charge in [0.1, 0.15) is 17.2 Å². The van der Waals surface area contributed by atoms with E-state index in [1.54, 1.807) is 9.47 Å². The van der Waals surface area contributed by atoms with Crippen molar-refractivity contribution in [1.82, 2.24) is 20.1 Å². The van der Waals surface area contributed by atoms with Gasteiger partial charge in [0.05, 0.1) is 17.8 Å². The first-order chi connectivity index (χ1) is 16.3. The van der Waals surface area contributed by atoms with Crippen LogP contribution in [0.5, 0.6) is 5.75 Å². The van der Waals surface area contributed by atoms with Gasteiger partial charge in [0.2, 0.25) is 5.43 Å². The minimum absolute atomic E-state index is 0.0588. The second kappa shape index (κ2) is 8.50. The molecule has 0 radical (unpaired) electrons. The van der Waals surface area contributed by atoms with Crippen molar-refractivity contribution in [2.75, 3.05) is 19.6 Å². The summed E-state index contributed by atoms with van der Waals surface area (Å²) in [7, 11) is 0. The molecule has 1 saturated carbocycles. The zero-order chi connectivity index (χ0) is 24.1. The highest BCUT2D eigenvalue weighted by atomic mass is 19.1. The van der Waals surface area contributed by atoms with Crippen molar-refractivity contribution in [3.63, 3.8) is 0 Å². The fraction of sp³-hybridized carbons (Fsp3) is 0.458. The molecule has 1 aliphatic carbocycles. The SMILES string of the molecule is CCN1C[C@H]2C[C@@H](NCC3CC3)c3c(C(=O)NCc4ccc(F)cc4F)c(=O)c(O)c(n32)C1=O. The molecule has 1 fully saturated rings. The zero-order valence-electron chi connectivity index (χ0n) is 18.7. The van der Waals surface area contributed by atoms with Crippen LogP contribution in [-0.4, -0.2) is 46.0 Å². The van der Waals surface area contributed by atoms with E-state index in [0.29, 0.717) is 37.2 Å². The molecule has 0 unspecified atom stereocenters. The van der Waals surface area contributed by atoms with Crippen molar-refractivity contribution in [1.29, 1.82) is 0 Å². The molecule has 2 amide bonds. The van der Waals surface area contributed by atoms with E-state index in [4.69, 9.17) is 0 Å².